The molecule has 4 heteroatoms. The molecule has 0 spiro atoms. The maximum atomic E-state index is 11.8. The fourth-order valence-corrected chi connectivity index (χ4v) is 1.45. The minimum Gasteiger partial charge on any atom is -0.492 e. The molecular formula is C13H19NO3. The number of aliphatic hydroxyl groups excluding tert-OH is 1. The van der Waals surface area contributed by atoms with Crippen LogP contribution in [0.3, 0.4) is 0 Å². The number of Topliss-reactive ketones (excluding diaryl/α,β-unsaturated/α-hetero) is 1. The van der Waals surface area contributed by atoms with Crippen molar-refractivity contribution in [2.75, 3.05) is 6.61 Å². The number of nitrogens with zero attached hydrogens (tertiary/aromatic N) is 1. The number of hydrogen-bond donors (Lipinski definition) is 1. The molecular weight excluding hydrogens is 218 g/mol. The standard InChI is InChI=1S/C13H19NO3/c1-3-5-12(15)13(16)10-7-11(9-14-8-10)17-6-4-2/h7-9,12,15H,3-6H2,1-2H3. The van der Waals surface area contributed by atoms with Crippen LogP contribution in [-0.2, 0) is 0 Å². The average Bonchev–Trinajstić information content (AvgIpc) is 2.36. The van der Waals surface area contributed by atoms with Gasteiger partial charge in [0, 0.05) is 11.8 Å². The summed E-state index contributed by atoms with van der Waals surface area (Å²) in [5.74, 6) is 0.280. The number of ketones is 1. The third-order valence-corrected chi connectivity index (χ3v) is 2.34. The van der Waals surface area contributed by atoms with Crippen molar-refractivity contribution in [3.63, 3.8) is 0 Å². The highest BCUT2D eigenvalue weighted by Crippen LogP contribution is 2.14. The first-order chi connectivity index (χ1) is 8.19. The van der Waals surface area contributed by atoms with E-state index in [1.54, 1.807) is 12.3 Å². The number of aromatic nitrogens is 1. The van der Waals surface area contributed by atoms with Gasteiger partial charge in [0.25, 0.3) is 0 Å². The van der Waals surface area contributed by atoms with Gasteiger partial charge >= 0.3 is 0 Å². The first-order valence-electron chi connectivity index (χ1n) is 5.99. The van der Waals surface area contributed by atoms with E-state index < -0.39 is 6.10 Å². The maximum absolute atomic E-state index is 11.8. The Morgan fingerprint density at radius 2 is 2.18 bits per heavy atom. The average molecular weight is 237 g/mol. The molecule has 0 aliphatic carbocycles. The third kappa shape index (κ3) is 4.15. The molecule has 0 bridgehead atoms. The summed E-state index contributed by atoms with van der Waals surface area (Å²) >= 11 is 0. The highest BCUT2D eigenvalue weighted by atomic mass is 16.5. The van der Waals surface area contributed by atoms with Gasteiger partial charge < -0.3 is 9.84 Å². The van der Waals surface area contributed by atoms with E-state index in [4.69, 9.17) is 4.74 Å². The van der Waals surface area contributed by atoms with E-state index in [9.17, 15) is 9.90 Å². The monoisotopic (exact) mass is 237 g/mol. The number of hydrogen-bond acceptors (Lipinski definition) is 4. The Balaban J connectivity index is 2.73. The molecule has 1 aromatic rings. The van der Waals surface area contributed by atoms with Gasteiger partial charge in [0.15, 0.2) is 5.78 Å². The minimum atomic E-state index is -0.941. The van der Waals surface area contributed by atoms with E-state index in [1.807, 2.05) is 13.8 Å². The normalized spacial score (nSPS) is 12.2. The summed E-state index contributed by atoms with van der Waals surface area (Å²) in [6.45, 7) is 4.53. The van der Waals surface area contributed by atoms with Crippen molar-refractivity contribution in [2.45, 2.75) is 39.2 Å². The summed E-state index contributed by atoms with van der Waals surface area (Å²) in [6.07, 6.45) is 4.23. The molecule has 0 saturated heterocycles. The van der Waals surface area contributed by atoms with Crippen LogP contribution in [0.5, 0.6) is 5.75 Å². The second-order valence-corrected chi connectivity index (χ2v) is 3.93. The molecule has 1 aromatic heterocycles. The first kappa shape index (κ1) is 13.6. The predicted octanol–water partition coefficient (Wildman–Crippen LogP) is 2.21. The van der Waals surface area contributed by atoms with Gasteiger partial charge in [0.2, 0.25) is 0 Å². The Kier molecular flexibility index (Phi) is 5.63. The molecule has 17 heavy (non-hydrogen) atoms. The molecule has 0 aliphatic heterocycles. The summed E-state index contributed by atoms with van der Waals surface area (Å²) < 4.78 is 5.39. The van der Waals surface area contributed by atoms with Crippen molar-refractivity contribution in [3.8, 4) is 5.75 Å². The maximum Gasteiger partial charge on any atom is 0.192 e. The van der Waals surface area contributed by atoms with E-state index in [0.717, 1.165) is 12.8 Å². The Labute approximate surface area is 102 Å². The zero-order valence-corrected chi connectivity index (χ0v) is 10.3. The van der Waals surface area contributed by atoms with Crippen LogP contribution in [0.15, 0.2) is 18.5 Å². The Hall–Kier alpha value is -1.42. The third-order valence-electron chi connectivity index (χ3n) is 2.34. The van der Waals surface area contributed by atoms with Crippen LogP contribution < -0.4 is 4.74 Å². The van der Waals surface area contributed by atoms with Crippen molar-refractivity contribution in [1.29, 1.82) is 0 Å². The lowest BCUT2D eigenvalue weighted by Gasteiger charge is -2.09. The molecule has 4 nitrogen and oxygen atoms in total. The fourth-order valence-electron chi connectivity index (χ4n) is 1.45. The van der Waals surface area contributed by atoms with Crippen LogP contribution in [0.4, 0.5) is 0 Å². The lowest BCUT2D eigenvalue weighted by atomic mass is 10.0. The molecule has 1 N–H and O–H groups in total. The SMILES string of the molecule is CCCOc1cncc(C(=O)C(O)CCC)c1. The molecule has 0 radical (unpaired) electrons. The molecule has 0 aliphatic rings. The molecule has 0 saturated carbocycles. The summed E-state index contributed by atoms with van der Waals surface area (Å²) in [4.78, 5) is 15.8. The van der Waals surface area contributed by atoms with Crippen LogP contribution in [0.25, 0.3) is 0 Å². The number of aliphatic hydroxyl groups is 1. The van der Waals surface area contributed by atoms with Crippen molar-refractivity contribution in [3.05, 3.63) is 24.0 Å². The van der Waals surface area contributed by atoms with Crippen molar-refractivity contribution < 1.29 is 14.6 Å². The molecule has 0 fully saturated rings. The fraction of sp³-hybridized carbons (Fsp3) is 0.538. The number of rotatable bonds is 7. The van der Waals surface area contributed by atoms with Crippen LogP contribution in [0, 0.1) is 0 Å². The molecule has 1 atom stereocenters. The zero-order chi connectivity index (χ0) is 12.7. The van der Waals surface area contributed by atoms with E-state index in [-0.39, 0.29) is 5.78 Å². The van der Waals surface area contributed by atoms with E-state index in [1.165, 1.54) is 6.20 Å². The van der Waals surface area contributed by atoms with Crippen LogP contribution in [0.2, 0.25) is 0 Å². The molecule has 94 valence electrons. The number of carbonyl (C=O) groups is 1. The second-order valence-electron chi connectivity index (χ2n) is 3.93. The minimum absolute atomic E-state index is 0.290. The van der Waals surface area contributed by atoms with Crippen molar-refractivity contribution in [1.82, 2.24) is 4.98 Å². The quantitative estimate of drug-likeness (QED) is 0.739. The largest absolute Gasteiger partial charge is 0.492 e. The van der Waals surface area contributed by atoms with Gasteiger partial charge in [-0.25, -0.2) is 0 Å². The Bertz CT molecular complexity index is 365. The van der Waals surface area contributed by atoms with Gasteiger partial charge in [-0.05, 0) is 18.9 Å². The van der Waals surface area contributed by atoms with Gasteiger partial charge in [-0.2, -0.15) is 0 Å². The topological polar surface area (TPSA) is 59.4 Å². The summed E-state index contributed by atoms with van der Waals surface area (Å²) in [7, 11) is 0. The lowest BCUT2D eigenvalue weighted by molar-refractivity contribution is 0.0728. The summed E-state index contributed by atoms with van der Waals surface area (Å²) in [6, 6.07) is 1.63. The smallest absolute Gasteiger partial charge is 0.192 e. The molecule has 1 unspecified atom stereocenters. The van der Waals surface area contributed by atoms with E-state index in [2.05, 4.69) is 4.98 Å². The van der Waals surface area contributed by atoms with Crippen molar-refractivity contribution in [2.24, 2.45) is 0 Å². The van der Waals surface area contributed by atoms with E-state index >= 15 is 0 Å². The highest BCUT2D eigenvalue weighted by Gasteiger charge is 2.16. The number of carbonyl (C=O) groups excluding carboxylic acids is 1. The summed E-state index contributed by atoms with van der Waals surface area (Å²) in [5, 5.41) is 9.62. The Morgan fingerprint density at radius 1 is 1.41 bits per heavy atom. The first-order valence-corrected chi connectivity index (χ1v) is 5.99. The molecule has 0 amide bonds. The Morgan fingerprint density at radius 3 is 2.82 bits per heavy atom. The predicted molar refractivity (Wildman–Crippen MR) is 65.3 cm³/mol. The van der Waals surface area contributed by atoms with Crippen LogP contribution in [0.1, 0.15) is 43.5 Å². The highest BCUT2D eigenvalue weighted by molar-refractivity contribution is 5.99. The second kappa shape index (κ2) is 7.01. The van der Waals surface area contributed by atoms with Crippen LogP contribution in [-0.4, -0.2) is 28.6 Å². The van der Waals surface area contributed by atoms with Gasteiger partial charge in [-0.1, -0.05) is 20.3 Å². The molecule has 1 rings (SSSR count). The van der Waals surface area contributed by atoms with Gasteiger partial charge in [-0.15, -0.1) is 0 Å². The zero-order valence-electron chi connectivity index (χ0n) is 10.3. The van der Waals surface area contributed by atoms with Gasteiger partial charge in [0.05, 0.1) is 12.8 Å². The van der Waals surface area contributed by atoms with Crippen LogP contribution >= 0.6 is 0 Å². The lowest BCUT2D eigenvalue weighted by Crippen LogP contribution is -2.20. The van der Waals surface area contributed by atoms with Gasteiger partial charge in [0.1, 0.15) is 11.9 Å². The number of ether oxygens (including phenoxy) is 1. The van der Waals surface area contributed by atoms with E-state index in [0.29, 0.717) is 24.3 Å². The van der Waals surface area contributed by atoms with Gasteiger partial charge in [-0.3, -0.25) is 9.78 Å². The molecule has 0 aromatic carbocycles. The molecule has 1 heterocycles. The van der Waals surface area contributed by atoms with Crippen molar-refractivity contribution >= 4 is 5.78 Å². The number of pyridine rings is 1. The summed E-state index contributed by atoms with van der Waals surface area (Å²) in [5.41, 5.74) is 0.402.